The van der Waals surface area contributed by atoms with Crippen molar-refractivity contribution in [1.82, 2.24) is 9.88 Å². The second-order valence-corrected chi connectivity index (χ2v) is 6.30. The number of aromatic nitrogens is 2. The van der Waals surface area contributed by atoms with E-state index >= 15 is 0 Å². The molecule has 0 saturated carbocycles. The van der Waals surface area contributed by atoms with Crippen LogP contribution in [0.25, 0.3) is 0 Å². The Bertz CT molecular complexity index is 424. The summed E-state index contributed by atoms with van der Waals surface area (Å²) < 4.78 is 3.88. The maximum Gasteiger partial charge on any atom is 0.262 e. The van der Waals surface area contributed by atoms with Crippen LogP contribution in [-0.4, -0.2) is 28.2 Å². The predicted octanol–water partition coefficient (Wildman–Crippen LogP) is -2.12. The summed E-state index contributed by atoms with van der Waals surface area (Å²) in [7, 11) is 0. The normalized spacial score (nSPS) is 12.9. The molecule has 1 aromatic rings. The van der Waals surface area contributed by atoms with Gasteiger partial charge < -0.3 is 22.8 Å². The first-order valence-electron chi connectivity index (χ1n) is 6.70. The first kappa shape index (κ1) is 18.9. The molecule has 1 amide bonds. The largest absolute Gasteiger partial charge is 1.00 e. The van der Waals surface area contributed by atoms with Crippen molar-refractivity contribution in [3.63, 3.8) is 0 Å². The summed E-state index contributed by atoms with van der Waals surface area (Å²) in [6, 6.07) is 0.150. The van der Waals surface area contributed by atoms with Crippen LogP contribution in [0.15, 0.2) is 18.7 Å². The number of nitrogens with zero attached hydrogens (tertiary/aromatic N) is 2. The maximum absolute atomic E-state index is 12.0. The highest BCUT2D eigenvalue weighted by molar-refractivity contribution is 5.74. The minimum atomic E-state index is -0.229. The lowest BCUT2D eigenvalue weighted by Crippen LogP contribution is -3.00. The molecule has 0 aliphatic heterocycles. The third-order valence-electron chi connectivity index (χ3n) is 3.20. The zero-order valence-electron chi connectivity index (χ0n) is 12.9. The molecule has 1 aromatic heterocycles. The average Bonchev–Trinajstić information content (AvgIpc) is 2.72. The van der Waals surface area contributed by atoms with Gasteiger partial charge in [-0.15, -0.1) is 0 Å². The third kappa shape index (κ3) is 5.51. The zero-order valence-corrected chi connectivity index (χ0v) is 13.7. The number of halogens is 1. The van der Waals surface area contributed by atoms with Gasteiger partial charge in [-0.3, -0.25) is 4.79 Å². The summed E-state index contributed by atoms with van der Waals surface area (Å²) in [4.78, 5) is 12.0. The Balaban J connectivity index is 0.00000361. The van der Waals surface area contributed by atoms with Crippen LogP contribution in [0, 0.1) is 5.41 Å². The number of aliphatic hydroxyl groups excluding tert-OH is 1. The van der Waals surface area contributed by atoms with E-state index in [0.29, 0.717) is 6.04 Å². The van der Waals surface area contributed by atoms with Gasteiger partial charge in [0.05, 0.1) is 18.7 Å². The molecule has 5 nitrogen and oxygen atoms in total. The lowest BCUT2D eigenvalue weighted by atomic mass is 9.87. The number of hydrogen-bond acceptors (Lipinski definition) is 2. The predicted molar refractivity (Wildman–Crippen MR) is 73.5 cm³/mol. The quantitative estimate of drug-likeness (QED) is 0.612. The fourth-order valence-electron chi connectivity index (χ4n) is 1.75. The van der Waals surface area contributed by atoms with Gasteiger partial charge in [-0.25, -0.2) is 9.13 Å². The van der Waals surface area contributed by atoms with Crippen LogP contribution in [0.5, 0.6) is 0 Å². The Hall–Kier alpha value is -1.07. The molecule has 0 radical (unpaired) electrons. The van der Waals surface area contributed by atoms with Crippen LogP contribution in [0.1, 0.15) is 40.7 Å². The van der Waals surface area contributed by atoms with Crippen molar-refractivity contribution in [2.24, 2.45) is 5.41 Å². The second kappa shape index (κ2) is 7.64. The van der Waals surface area contributed by atoms with Gasteiger partial charge in [0, 0.05) is 0 Å². The number of nitrogens with one attached hydrogen (secondary N) is 1. The van der Waals surface area contributed by atoms with Crippen LogP contribution in [0.4, 0.5) is 0 Å². The van der Waals surface area contributed by atoms with Crippen LogP contribution < -0.4 is 22.3 Å². The molecule has 0 saturated heterocycles. The molecule has 0 unspecified atom stereocenters. The van der Waals surface area contributed by atoms with Crippen molar-refractivity contribution in [2.45, 2.75) is 53.2 Å². The number of aliphatic hydroxyl groups is 1. The SMILES string of the molecule is CC(C)n1cc[n+](CC(=O)N[C@H](CO)C(C)(C)C)c1.[Cl-]. The Morgan fingerprint density at radius 1 is 1.40 bits per heavy atom. The van der Waals surface area contributed by atoms with Crippen LogP contribution >= 0.6 is 0 Å². The number of rotatable bonds is 5. The van der Waals surface area contributed by atoms with E-state index in [2.05, 4.69) is 19.2 Å². The molecule has 2 N–H and O–H groups in total. The van der Waals surface area contributed by atoms with Crippen molar-refractivity contribution in [2.75, 3.05) is 6.61 Å². The highest BCUT2D eigenvalue weighted by Crippen LogP contribution is 2.18. The molecule has 0 aliphatic rings. The second-order valence-electron chi connectivity index (χ2n) is 6.30. The molecule has 0 aliphatic carbocycles. The summed E-state index contributed by atoms with van der Waals surface area (Å²) in [5.41, 5.74) is -0.154. The topological polar surface area (TPSA) is 58.1 Å². The molecule has 0 aromatic carbocycles. The lowest BCUT2D eigenvalue weighted by molar-refractivity contribution is -0.684. The number of imidazole rings is 1. The molecule has 1 heterocycles. The van der Waals surface area contributed by atoms with Gasteiger partial charge in [0.15, 0.2) is 6.54 Å². The van der Waals surface area contributed by atoms with Gasteiger partial charge in [-0.2, -0.15) is 0 Å². The smallest absolute Gasteiger partial charge is 0.262 e. The number of amides is 1. The molecule has 1 rings (SSSR count). The molecule has 1 atom stereocenters. The van der Waals surface area contributed by atoms with Gasteiger partial charge >= 0.3 is 0 Å². The minimum Gasteiger partial charge on any atom is -1.00 e. The van der Waals surface area contributed by atoms with Crippen LogP contribution in [0.2, 0.25) is 0 Å². The Morgan fingerprint density at radius 2 is 2.00 bits per heavy atom. The van der Waals surface area contributed by atoms with Crippen LogP contribution in [-0.2, 0) is 11.3 Å². The van der Waals surface area contributed by atoms with E-state index in [-0.39, 0.29) is 42.9 Å². The van der Waals surface area contributed by atoms with Gasteiger partial charge in [-0.1, -0.05) is 20.8 Å². The number of carbonyl (C=O) groups is 1. The van der Waals surface area contributed by atoms with Crippen LogP contribution in [0.3, 0.4) is 0 Å². The Kier molecular flexibility index (Phi) is 7.23. The third-order valence-corrected chi connectivity index (χ3v) is 3.20. The van der Waals surface area contributed by atoms with E-state index in [1.807, 2.05) is 48.6 Å². The monoisotopic (exact) mass is 303 g/mol. The van der Waals surface area contributed by atoms with E-state index in [9.17, 15) is 9.90 Å². The minimum absolute atomic E-state index is 0. The number of hydrogen-bond donors (Lipinski definition) is 2. The average molecular weight is 304 g/mol. The molecule has 0 spiro atoms. The fourth-order valence-corrected chi connectivity index (χ4v) is 1.75. The van der Waals surface area contributed by atoms with E-state index < -0.39 is 0 Å². The van der Waals surface area contributed by atoms with Crippen molar-refractivity contribution in [3.8, 4) is 0 Å². The Morgan fingerprint density at radius 3 is 2.40 bits per heavy atom. The van der Waals surface area contributed by atoms with Crippen molar-refractivity contribution in [3.05, 3.63) is 18.7 Å². The summed E-state index contributed by atoms with van der Waals surface area (Å²) >= 11 is 0. The summed E-state index contributed by atoms with van der Waals surface area (Å²) in [6.45, 7) is 10.4. The van der Waals surface area contributed by atoms with Gasteiger partial charge in [0.1, 0.15) is 12.4 Å². The van der Waals surface area contributed by atoms with E-state index in [0.717, 1.165) is 0 Å². The van der Waals surface area contributed by atoms with E-state index in [1.165, 1.54) is 0 Å². The standard InChI is InChI=1S/C14H25N3O2.ClH/c1-11(2)17-7-6-16(10-17)8-13(19)15-12(9-18)14(3,4)5;/h6-7,10-12,18H,8-9H2,1-5H3;1H/t12-;/m1./s1. The zero-order chi connectivity index (χ0) is 14.6. The Labute approximate surface area is 127 Å². The molecular weight excluding hydrogens is 278 g/mol. The summed E-state index contributed by atoms with van der Waals surface area (Å²) in [5, 5.41) is 12.2. The molecular formula is C14H26ClN3O2. The lowest BCUT2D eigenvalue weighted by Gasteiger charge is -2.29. The first-order chi connectivity index (χ1) is 8.74. The van der Waals surface area contributed by atoms with Crippen molar-refractivity contribution in [1.29, 1.82) is 0 Å². The summed E-state index contributed by atoms with van der Waals surface area (Å²) in [5.74, 6) is -0.0829. The van der Waals surface area contributed by atoms with Gasteiger partial charge in [-0.05, 0) is 19.3 Å². The first-order valence-corrected chi connectivity index (χ1v) is 6.70. The van der Waals surface area contributed by atoms with Crippen molar-refractivity contribution < 1.29 is 26.9 Å². The van der Waals surface area contributed by atoms with Gasteiger partial charge in [0.2, 0.25) is 6.33 Å². The van der Waals surface area contributed by atoms with E-state index in [1.54, 1.807) is 0 Å². The molecule has 0 bridgehead atoms. The van der Waals surface area contributed by atoms with E-state index in [4.69, 9.17) is 0 Å². The molecule has 6 heteroatoms. The highest BCUT2D eigenvalue weighted by atomic mass is 35.5. The molecule has 20 heavy (non-hydrogen) atoms. The molecule has 0 fully saturated rings. The highest BCUT2D eigenvalue weighted by Gasteiger charge is 2.26. The fraction of sp³-hybridized carbons (Fsp3) is 0.714. The van der Waals surface area contributed by atoms with Gasteiger partial charge in [0.25, 0.3) is 5.91 Å². The molecule has 116 valence electrons. The maximum atomic E-state index is 12.0. The van der Waals surface area contributed by atoms with Crippen molar-refractivity contribution >= 4 is 5.91 Å². The summed E-state index contributed by atoms with van der Waals surface area (Å²) in [6.07, 6.45) is 5.74. The number of carbonyl (C=O) groups excluding carboxylic acids is 1.